The van der Waals surface area contributed by atoms with Gasteiger partial charge in [-0.2, -0.15) is 5.10 Å². The summed E-state index contributed by atoms with van der Waals surface area (Å²) in [6.45, 7) is 3.74. The molecule has 0 fully saturated rings. The fraction of sp³-hybridized carbons (Fsp3) is 0.286. The van der Waals surface area contributed by atoms with Crippen LogP contribution in [0.3, 0.4) is 0 Å². The molecule has 0 aliphatic rings. The van der Waals surface area contributed by atoms with E-state index in [1.807, 2.05) is 51.0 Å². The van der Waals surface area contributed by atoms with Crippen molar-refractivity contribution in [3.8, 4) is 0 Å². The highest BCUT2D eigenvalue weighted by atomic mass is 16.1. The third-order valence-electron chi connectivity index (χ3n) is 2.99. The predicted molar refractivity (Wildman–Crippen MR) is 76.8 cm³/mol. The Morgan fingerprint density at radius 3 is 2.63 bits per heavy atom. The monoisotopic (exact) mass is 258 g/mol. The average Bonchev–Trinajstić information content (AvgIpc) is 2.70. The number of hydrogen-bond donors (Lipinski definition) is 2. The van der Waals surface area contributed by atoms with E-state index >= 15 is 0 Å². The minimum absolute atomic E-state index is 0.128. The Hall–Kier alpha value is -2.30. The van der Waals surface area contributed by atoms with Crippen LogP contribution in [0.25, 0.3) is 0 Å². The normalized spacial score (nSPS) is 10.3. The lowest BCUT2D eigenvalue weighted by atomic mass is 10.1. The predicted octanol–water partition coefficient (Wildman–Crippen LogP) is 2.34. The van der Waals surface area contributed by atoms with Gasteiger partial charge in [-0.3, -0.25) is 9.89 Å². The minimum atomic E-state index is -0.128. The lowest BCUT2D eigenvalue weighted by Crippen LogP contribution is -2.14. The van der Waals surface area contributed by atoms with Crippen molar-refractivity contribution >= 4 is 17.3 Å². The van der Waals surface area contributed by atoms with Crippen LogP contribution in [0.5, 0.6) is 0 Å². The second kappa shape index (κ2) is 5.14. The minimum Gasteiger partial charge on any atom is -0.378 e. The molecule has 2 N–H and O–H groups in total. The van der Waals surface area contributed by atoms with E-state index in [1.54, 1.807) is 6.07 Å². The number of carbonyl (C=O) groups excluding carboxylic acids is 1. The smallest absolute Gasteiger partial charge is 0.255 e. The van der Waals surface area contributed by atoms with Gasteiger partial charge in [0.05, 0.1) is 17.1 Å². The molecule has 0 bridgehead atoms. The molecule has 0 aliphatic carbocycles. The number of H-pyrrole nitrogens is 1. The van der Waals surface area contributed by atoms with Crippen molar-refractivity contribution in [2.45, 2.75) is 13.8 Å². The first-order valence-corrected chi connectivity index (χ1v) is 6.09. The van der Waals surface area contributed by atoms with E-state index in [1.165, 1.54) is 0 Å². The Balaban J connectivity index is 2.23. The number of amides is 1. The van der Waals surface area contributed by atoms with Gasteiger partial charge in [0.15, 0.2) is 0 Å². The Kier molecular flexibility index (Phi) is 3.55. The van der Waals surface area contributed by atoms with Crippen LogP contribution in [0.2, 0.25) is 0 Å². The summed E-state index contributed by atoms with van der Waals surface area (Å²) in [6.07, 6.45) is 0. The van der Waals surface area contributed by atoms with E-state index < -0.39 is 0 Å². The summed E-state index contributed by atoms with van der Waals surface area (Å²) in [5.41, 5.74) is 4.02. The molecule has 1 heterocycles. The first kappa shape index (κ1) is 13.1. The molecular weight excluding hydrogens is 240 g/mol. The van der Waals surface area contributed by atoms with Crippen molar-refractivity contribution in [2.75, 3.05) is 24.3 Å². The maximum Gasteiger partial charge on any atom is 0.255 e. The van der Waals surface area contributed by atoms with E-state index in [2.05, 4.69) is 15.5 Å². The van der Waals surface area contributed by atoms with Gasteiger partial charge in [-0.15, -0.1) is 0 Å². The van der Waals surface area contributed by atoms with E-state index in [0.717, 1.165) is 22.8 Å². The summed E-state index contributed by atoms with van der Waals surface area (Å²) >= 11 is 0. The Labute approximate surface area is 112 Å². The van der Waals surface area contributed by atoms with Crippen LogP contribution in [0.4, 0.5) is 11.4 Å². The van der Waals surface area contributed by atoms with Gasteiger partial charge in [0.2, 0.25) is 0 Å². The van der Waals surface area contributed by atoms with Crippen LogP contribution in [0.15, 0.2) is 24.3 Å². The van der Waals surface area contributed by atoms with Gasteiger partial charge in [-0.05, 0) is 32.0 Å². The Morgan fingerprint density at radius 1 is 1.32 bits per heavy atom. The van der Waals surface area contributed by atoms with E-state index in [4.69, 9.17) is 0 Å². The molecule has 0 saturated carbocycles. The van der Waals surface area contributed by atoms with Crippen molar-refractivity contribution in [2.24, 2.45) is 0 Å². The van der Waals surface area contributed by atoms with E-state index in [-0.39, 0.29) is 5.91 Å². The molecule has 100 valence electrons. The van der Waals surface area contributed by atoms with Gasteiger partial charge in [0.25, 0.3) is 5.91 Å². The van der Waals surface area contributed by atoms with Gasteiger partial charge in [-0.1, -0.05) is 6.07 Å². The van der Waals surface area contributed by atoms with Gasteiger partial charge in [-0.25, -0.2) is 0 Å². The fourth-order valence-corrected chi connectivity index (χ4v) is 1.85. The highest BCUT2D eigenvalue weighted by molar-refractivity contribution is 6.05. The molecule has 2 rings (SSSR count). The van der Waals surface area contributed by atoms with Gasteiger partial charge in [0, 0.05) is 25.3 Å². The maximum absolute atomic E-state index is 12.2. The number of aryl methyl sites for hydroxylation is 2. The molecule has 0 spiro atoms. The SMILES string of the molecule is Cc1n[nH]c(C)c1NC(=O)c1cccc(N(C)C)c1. The largest absolute Gasteiger partial charge is 0.378 e. The molecule has 0 radical (unpaired) electrons. The number of nitrogens with zero attached hydrogens (tertiary/aromatic N) is 2. The lowest BCUT2D eigenvalue weighted by molar-refractivity contribution is 0.102. The third-order valence-corrected chi connectivity index (χ3v) is 2.99. The van der Waals surface area contributed by atoms with Crippen LogP contribution in [-0.2, 0) is 0 Å². The molecule has 2 aromatic rings. The molecule has 0 aliphatic heterocycles. The average molecular weight is 258 g/mol. The Bertz CT molecular complexity index is 582. The number of anilines is 2. The second-order valence-electron chi connectivity index (χ2n) is 4.71. The first-order valence-electron chi connectivity index (χ1n) is 6.09. The van der Waals surface area contributed by atoms with Gasteiger partial charge < -0.3 is 10.2 Å². The summed E-state index contributed by atoms with van der Waals surface area (Å²) < 4.78 is 0. The molecule has 5 heteroatoms. The molecular formula is C14H18N4O. The maximum atomic E-state index is 12.2. The molecule has 1 aromatic heterocycles. The summed E-state index contributed by atoms with van der Waals surface area (Å²) in [7, 11) is 3.89. The summed E-state index contributed by atoms with van der Waals surface area (Å²) in [6, 6.07) is 7.50. The van der Waals surface area contributed by atoms with Crippen LogP contribution in [0, 0.1) is 13.8 Å². The summed E-state index contributed by atoms with van der Waals surface area (Å²) in [4.78, 5) is 14.2. The number of hydrogen-bond acceptors (Lipinski definition) is 3. The number of benzene rings is 1. The van der Waals surface area contributed by atoms with Crippen molar-refractivity contribution in [1.29, 1.82) is 0 Å². The zero-order valence-electron chi connectivity index (χ0n) is 11.6. The molecule has 0 saturated heterocycles. The lowest BCUT2D eigenvalue weighted by Gasteiger charge is -2.13. The molecule has 0 atom stereocenters. The van der Waals surface area contributed by atoms with Crippen LogP contribution in [-0.4, -0.2) is 30.2 Å². The van der Waals surface area contributed by atoms with Crippen LogP contribution >= 0.6 is 0 Å². The van der Waals surface area contributed by atoms with E-state index in [9.17, 15) is 4.79 Å². The van der Waals surface area contributed by atoms with Gasteiger partial charge >= 0.3 is 0 Å². The van der Waals surface area contributed by atoms with E-state index in [0.29, 0.717) is 5.56 Å². The number of aromatic amines is 1. The highest BCUT2D eigenvalue weighted by Crippen LogP contribution is 2.19. The molecule has 0 unspecified atom stereocenters. The van der Waals surface area contributed by atoms with Crippen LogP contribution in [0.1, 0.15) is 21.7 Å². The van der Waals surface area contributed by atoms with Crippen LogP contribution < -0.4 is 10.2 Å². The van der Waals surface area contributed by atoms with Crippen molar-refractivity contribution in [3.63, 3.8) is 0 Å². The molecule has 5 nitrogen and oxygen atoms in total. The summed E-state index contributed by atoms with van der Waals surface area (Å²) in [5, 5.41) is 9.80. The number of carbonyl (C=O) groups is 1. The Morgan fingerprint density at radius 2 is 2.05 bits per heavy atom. The zero-order valence-corrected chi connectivity index (χ0v) is 11.6. The highest BCUT2D eigenvalue weighted by Gasteiger charge is 2.12. The zero-order chi connectivity index (χ0) is 14.0. The van der Waals surface area contributed by atoms with Crippen molar-refractivity contribution in [1.82, 2.24) is 10.2 Å². The number of nitrogens with one attached hydrogen (secondary N) is 2. The third kappa shape index (κ3) is 2.76. The van der Waals surface area contributed by atoms with Crippen molar-refractivity contribution in [3.05, 3.63) is 41.2 Å². The van der Waals surface area contributed by atoms with Crippen molar-refractivity contribution < 1.29 is 4.79 Å². The second-order valence-corrected chi connectivity index (χ2v) is 4.71. The fourth-order valence-electron chi connectivity index (χ4n) is 1.85. The quantitative estimate of drug-likeness (QED) is 0.888. The topological polar surface area (TPSA) is 61.0 Å². The number of aromatic nitrogens is 2. The molecule has 1 aromatic carbocycles. The van der Waals surface area contributed by atoms with Gasteiger partial charge in [0.1, 0.15) is 0 Å². The number of rotatable bonds is 3. The first-order chi connectivity index (χ1) is 8.99. The molecule has 1 amide bonds. The summed E-state index contributed by atoms with van der Waals surface area (Å²) in [5.74, 6) is -0.128. The standard InChI is InChI=1S/C14H18N4O/c1-9-13(10(2)17-16-9)15-14(19)11-6-5-7-12(8-11)18(3)4/h5-8H,1-4H3,(H,15,19)(H,16,17). The molecule has 19 heavy (non-hydrogen) atoms.